The van der Waals surface area contributed by atoms with Gasteiger partial charge in [-0.25, -0.2) is 4.99 Å². The standard InChI is InChI=1S/C53H40N2/c1-53(2)48-24-12-22-45(50(48)47-29-28-37-15-6-8-19-40(37)51(47)53)43-30-31-44(42-21-10-9-20-41(42)43)49(32-26-34-25-27-35-13-3-4-16-38(35)33-34)55-52(54)46-23-11-17-36-14-5-7-18-39(36)46/h3-25,27-33H,26H2,1-2H3,(H2,54,55)/b49-32-. The first-order valence-corrected chi connectivity index (χ1v) is 19.1. The summed E-state index contributed by atoms with van der Waals surface area (Å²) >= 11 is 0. The molecular weight excluding hydrogens is 665 g/mol. The highest BCUT2D eigenvalue weighted by atomic mass is 14.9. The molecule has 0 heterocycles. The Balaban J connectivity index is 1.16. The second kappa shape index (κ2) is 13.0. The van der Waals surface area contributed by atoms with Crippen LogP contribution in [0, 0.1) is 0 Å². The average Bonchev–Trinajstić information content (AvgIpc) is 3.48. The molecule has 2 heteroatoms. The lowest BCUT2D eigenvalue weighted by Gasteiger charge is -2.23. The SMILES string of the molecule is CC1(C)c2cccc(-c3ccc(/C(=C/Cc4ccc5ccccc5c4)N=C(N)c4cccc5ccccc45)c4ccccc34)c2-c2ccc3ccccc3c21. The molecule has 0 bridgehead atoms. The summed E-state index contributed by atoms with van der Waals surface area (Å²) in [6.45, 7) is 4.75. The lowest BCUT2D eigenvalue weighted by atomic mass is 9.80. The molecular formula is C53H40N2. The smallest absolute Gasteiger partial charge is 0.131 e. The van der Waals surface area contributed by atoms with Crippen molar-refractivity contribution >= 4 is 54.6 Å². The van der Waals surface area contributed by atoms with Gasteiger partial charge in [0.1, 0.15) is 5.84 Å². The number of benzene rings is 9. The Hall–Kier alpha value is -6.77. The van der Waals surface area contributed by atoms with E-state index in [0.717, 1.165) is 33.0 Å². The van der Waals surface area contributed by atoms with Gasteiger partial charge in [0.15, 0.2) is 0 Å². The van der Waals surface area contributed by atoms with Crippen LogP contribution in [0.4, 0.5) is 0 Å². The zero-order chi connectivity index (χ0) is 37.1. The molecule has 0 aromatic heterocycles. The van der Waals surface area contributed by atoms with Crippen molar-refractivity contribution in [2.45, 2.75) is 25.7 Å². The molecule has 0 spiro atoms. The van der Waals surface area contributed by atoms with Gasteiger partial charge in [0.05, 0.1) is 5.70 Å². The molecule has 262 valence electrons. The zero-order valence-electron chi connectivity index (χ0n) is 31.1. The molecule has 1 aliphatic carbocycles. The Kier molecular flexibility index (Phi) is 7.74. The Morgan fingerprint density at radius 2 is 1.13 bits per heavy atom. The number of rotatable bonds is 6. The number of allylic oxidation sites excluding steroid dienone is 1. The second-order valence-electron chi connectivity index (χ2n) is 15.3. The summed E-state index contributed by atoms with van der Waals surface area (Å²) in [7, 11) is 0. The van der Waals surface area contributed by atoms with E-state index in [0.29, 0.717) is 12.3 Å². The maximum absolute atomic E-state index is 6.99. The largest absolute Gasteiger partial charge is 0.383 e. The van der Waals surface area contributed by atoms with Crippen molar-refractivity contribution in [2.24, 2.45) is 10.7 Å². The molecule has 9 aromatic carbocycles. The van der Waals surface area contributed by atoms with Crippen molar-refractivity contribution in [3.63, 3.8) is 0 Å². The Morgan fingerprint density at radius 3 is 1.95 bits per heavy atom. The van der Waals surface area contributed by atoms with E-state index in [1.807, 2.05) is 0 Å². The van der Waals surface area contributed by atoms with E-state index < -0.39 is 0 Å². The van der Waals surface area contributed by atoms with E-state index in [-0.39, 0.29) is 5.41 Å². The Morgan fingerprint density at radius 1 is 0.509 bits per heavy atom. The maximum Gasteiger partial charge on any atom is 0.131 e. The van der Waals surface area contributed by atoms with Crippen LogP contribution in [0.3, 0.4) is 0 Å². The number of hydrogen-bond acceptors (Lipinski definition) is 1. The van der Waals surface area contributed by atoms with Crippen molar-refractivity contribution in [2.75, 3.05) is 0 Å². The van der Waals surface area contributed by atoms with Crippen LogP contribution in [0.1, 0.15) is 41.7 Å². The third-order valence-corrected chi connectivity index (χ3v) is 11.7. The molecule has 9 aromatic rings. The number of nitrogens with two attached hydrogens (primary N) is 1. The molecule has 1 aliphatic rings. The summed E-state index contributed by atoms with van der Waals surface area (Å²) in [5, 5.41) is 9.65. The summed E-state index contributed by atoms with van der Waals surface area (Å²) in [4.78, 5) is 5.29. The van der Waals surface area contributed by atoms with Crippen LogP contribution in [0.2, 0.25) is 0 Å². The zero-order valence-corrected chi connectivity index (χ0v) is 31.1. The number of hydrogen-bond donors (Lipinski definition) is 1. The molecule has 2 N–H and O–H groups in total. The molecule has 10 rings (SSSR count). The predicted octanol–water partition coefficient (Wildman–Crippen LogP) is 13.3. The molecule has 0 amide bonds. The van der Waals surface area contributed by atoms with Crippen LogP contribution in [0.25, 0.3) is 71.0 Å². The highest BCUT2D eigenvalue weighted by molar-refractivity contribution is 6.12. The summed E-state index contributed by atoms with van der Waals surface area (Å²) in [6.07, 6.45) is 2.96. The van der Waals surface area contributed by atoms with Crippen molar-refractivity contribution in [1.82, 2.24) is 0 Å². The molecule has 0 aliphatic heterocycles. The molecule has 0 saturated heterocycles. The highest BCUT2D eigenvalue weighted by Crippen LogP contribution is 2.54. The molecule has 0 saturated carbocycles. The van der Waals surface area contributed by atoms with Gasteiger partial charge in [-0.1, -0.05) is 196 Å². The van der Waals surface area contributed by atoms with Crippen LogP contribution in [0.5, 0.6) is 0 Å². The number of amidine groups is 1. The summed E-state index contributed by atoms with van der Waals surface area (Å²) < 4.78 is 0. The number of fused-ring (bicyclic) bond motifs is 8. The highest BCUT2D eigenvalue weighted by Gasteiger charge is 2.38. The van der Waals surface area contributed by atoms with E-state index >= 15 is 0 Å². The molecule has 2 nitrogen and oxygen atoms in total. The number of aliphatic imine (C=N–C) groups is 1. The van der Waals surface area contributed by atoms with Crippen molar-refractivity contribution in [3.8, 4) is 22.3 Å². The molecule has 0 atom stereocenters. The van der Waals surface area contributed by atoms with Crippen LogP contribution in [-0.2, 0) is 11.8 Å². The fourth-order valence-electron chi connectivity index (χ4n) is 9.07. The molecule has 55 heavy (non-hydrogen) atoms. The minimum absolute atomic E-state index is 0.135. The van der Waals surface area contributed by atoms with Gasteiger partial charge in [0, 0.05) is 16.5 Å². The first kappa shape index (κ1) is 32.8. The quantitative estimate of drug-likeness (QED) is 0.136. The second-order valence-corrected chi connectivity index (χ2v) is 15.3. The van der Waals surface area contributed by atoms with E-state index in [9.17, 15) is 0 Å². The van der Waals surface area contributed by atoms with Crippen LogP contribution in [0.15, 0.2) is 187 Å². The van der Waals surface area contributed by atoms with Crippen LogP contribution < -0.4 is 5.73 Å². The van der Waals surface area contributed by atoms with Gasteiger partial charge < -0.3 is 5.73 Å². The normalized spacial score (nSPS) is 13.8. The fourth-order valence-corrected chi connectivity index (χ4v) is 9.07. The van der Waals surface area contributed by atoms with Gasteiger partial charge in [-0.3, -0.25) is 0 Å². The summed E-state index contributed by atoms with van der Waals surface area (Å²) in [5.74, 6) is 0.502. The van der Waals surface area contributed by atoms with Crippen molar-refractivity contribution < 1.29 is 0 Å². The van der Waals surface area contributed by atoms with Crippen molar-refractivity contribution in [3.05, 3.63) is 210 Å². The van der Waals surface area contributed by atoms with Crippen LogP contribution >= 0.6 is 0 Å². The van der Waals surface area contributed by atoms with Gasteiger partial charge >= 0.3 is 0 Å². The van der Waals surface area contributed by atoms with Gasteiger partial charge in [-0.05, 0) is 88.5 Å². The Bertz CT molecular complexity index is 3050. The van der Waals surface area contributed by atoms with Crippen molar-refractivity contribution in [1.29, 1.82) is 0 Å². The summed E-state index contributed by atoms with van der Waals surface area (Å²) in [5.41, 5.74) is 18.8. The van der Waals surface area contributed by atoms with E-state index in [1.54, 1.807) is 0 Å². The summed E-state index contributed by atoms with van der Waals surface area (Å²) in [6, 6.07) is 63.4. The third kappa shape index (κ3) is 5.44. The van der Waals surface area contributed by atoms with Crippen LogP contribution in [-0.4, -0.2) is 5.84 Å². The van der Waals surface area contributed by atoms with Gasteiger partial charge in [-0.15, -0.1) is 0 Å². The lowest BCUT2D eigenvalue weighted by Crippen LogP contribution is -2.15. The first-order valence-electron chi connectivity index (χ1n) is 19.1. The van der Waals surface area contributed by atoms with Gasteiger partial charge in [-0.2, -0.15) is 0 Å². The fraction of sp³-hybridized carbons (Fsp3) is 0.0755. The molecule has 0 unspecified atom stereocenters. The van der Waals surface area contributed by atoms with Gasteiger partial charge in [0.2, 0.25) is 0 Å². The molecule has 0 radical (unpaired) electrons. The van der Waals surface area contributed by atoms with E-state index in [2.05, 4.69) is 196 Å². The third-order valence-electron chi connectivity index (χ3n) is 11.7. The minimum atomic E-state index is -0.135. The average molecular weight is 705 g/mol. The van der Waals surface area contributed by atoms with Gasteiger partial charge in [0.25, 0.3) is 0 Å². The number of nitrogens with zero attached hydrogens (tertiary/aromatic N) is 1. The Labute approximate surface area is 321 Å². The molecule has 0 fully saturated rings. The minimum Gasteiger partial charge on any atom is -0.383 e. The maximum atomic E-state index is 6.99. The topological polar surface area (TPSA) is 38.4 Å². The first-order chi connectivity index (χ1) is 27.0. The van der Waals surface area contributed by atoms with E-state index in [1.165, 1.54) is 65.9 Å². The van der Waals surface area contributed by atoms with E-state index in [4.69, 9.17) is 10.7 Å². The predicted molar refractivity (Wildman–Crippen MR) is 235 cm³/mol. The lowest BCUT2D eigenvalue weighted by molar-refractivity contribution is 0.666. The monoisotopic (exact) mass is 704 g/mol.